The molecule has 11 rings (SSSR count). The third-order valence-corrected chi connectivity index (χ3v) is 18.0. The Bertz CT molecular complexity index is 3530. The lowest BCUT2D eigenvalue weighted by Crippen LogP contribution is -2.41. The molecule has 20 heteroatoms. The molecule has 8 aromatic rings. The summed E-state index contributed by atoms with van der Waals surface area (Å²) in [7, 11) is -1.13. The number of fused-ring (bicyclic) bond motifs is 2. The zero-order valence-electron chi connectivity index (χ0n) is 42.7. The van der Waals surface area contributed by atoms with Crippen LogP contribution >= 0.6 is 8.53 Å². The summed E-state index contributed by atoms with van der Waals surface area (Å²) >= 11 is 0. The summed E-state index contributed by atoms with van der Waals surface area (Å²) in [4.78, 5) is 53.2. The number of hydrogen-bond donors (Lipinski definition) is 1. The maximum atomic E-state index is 15.4. The van der Waals surface area contributed by atoms with Crippen molar-refractivity contribution >= 4 is 47.2 Å². The number of imidazole rings is 1. The normalized spacial score (nSPS) is 21.3. The Kier molecular flexibility index (Phi) is 15.2. The van der Waals surface area contributed by atoms with Crippen molar-refractivity contribution in [1.29, 1.82) is 0 Å². The first kappa shape index (κ1) is 52.6. The molecule has 0 bridgehead atoms. The first-order valence-corrected chi connectivity index (χ1v) is 28.1. The highest BCUT2D eigenvalue weighted by Crippen LogP contribution is 2.58. The fourth-order valence-corrected chi connectivity index (χ4v) is 14.2. The van der Waals surface area contributed by atoms with E-state index in [1.165, 1.54) is 18.0 Å². The van der Waals surface area contributed by atoms with Crippen molar-refractivity contribution in [1.82, 2.24) is 23.8 Å². The van der Waals surface area contributed by atoms with Crippen molar-refractivity contribution in [2.45, 2.75) is 60.0 Å². The zero-order chi connectivity index (χ0) is 54.0. The molecule has 3 saturated heterocycles. The van der Waals surface area contributed by atoms with Gasteiger partial charge in [0, 0.05) is 30.8 Å². The number of hydrogen-bond acceptors (Lipinski definition) is 15. The number of benzene rings is 6. The molecule has 3 aliphatic heterocycles. The van der Waals surface area contributed by atoms with E-state index < -0.39 is 72.1 Å². The van der Waals surface area contributed by atoms with Gasteiger partial charge in [0.1, 0.15) is 47.3 Å². The lowest BCUT2D eigenvalue weighted by Gasteiger charge is -2.37. The number of anilines is 1. The van der Waals surface area contributed by atoms with Crippen molar-refractivity contribution < 1.29 is 50.7 Å². The summed E-state index contributed by atoms with van der Waals surface area (Å²) in [6.45, 7) is 0.360. The third-order valence-electron chi connectivity index (χ3n) is 14.4. The highest BCUT2D eigenvalue weighted by atomic mass is 32.2. The molecule has 1 N–H and O–H groups in total. The van der Waals surface area contributed by atoms with Crippen LogP contribution in [0.15, 0.2) is 186 Å². The van der Waals surface area contributed by atoms with E-state index in [0.717, 1.165) is 27.7 Å². The summed E-state index contributed by atoms with van der Waals surface area (Å²) in [5.41, 5.74) is 0.360. The zero-order valence-corrected chi connectivity index (χ0v) is 44.4. The lowest BCUT2D eigenvalue weighted by atomic mass is 9.80. The van der Waals surface area contributed by atoms with Crippen LogP contribution in [0.5, 0.6) is 11.5 Å². The summed E-state index contributed by atoms with van der Waals surface area (Å²) in [5.74, 6) is -0.397. The Morgan fingerprint density at radius 1 is 0.718 bits per heavy atom. The predicted octanol–water partition coefficient (Wildman–Crippen LogP) is 8.42. The average molecular weight is 1090 g/mol. The van der Waals surface area contributed by atoms with Gasteiger partial charge >= 0.3 is 5.69 Å². The monoisotopic (exact) mass is 1090 g/mol. The van der Waals surface area contributed by atoms with Crippen molar-refractivity contribution in [3.05, 3.63) is 214 Å². The van der Waals surface area contributed by atoms with Crippen molar-refractivity contribution in [3.8, 4) is 11.5 Å². The summed E-state index contributed by atoms with van der Waals surface area (Å²) < 4.78 is 78.1. The van der Waals surface area contributed by atoms with Crippen LogP contribution in [-0.2, 0) is 38.7 Å². The smallest absolute Gasteiger partial charge is 0.339 e. The Morgan fingerprint density at radius 2 is 1.29 bits per heavy atom. The third kappa shape index (κ3) is 9.92. The second-order valence-electron chi connectivity index (χ2n) is 18.9. The Hall–Kier alpha value is -7.45. The van der Waals surface area contributed by atoms with E-state index in [1.807, 2.05) is 78.9 Å². The van der Waals surface area contributed by atoms with E-state index in [9.17, 15) is 18.0 Å². The van der Waals surface area contributed by atoms with Crippen LogP contribution < -0.4 is 20.5 Å². The van der Waals surface area contributed by atoms with Crippen molar-refractivity contribution in [3.63, 3.8) is 0 Å². The van der Waals surface area contributed by atoms with Crippen LogP contribution in [0.3, 0.4) is 0 Å². The highest BCUT2D eigenvalue weighted by Gasteiger charge is 2.55. The van der Waals surface area contributed by atoms with Gasteiger partial charge < -0.3 is 38.0 Å². The van der Waals surface area contributed by atoms with E-state index in [1.54, 1.807) is 105 Å². The van der Waals surface area contributed by atoms with Gasteiger partial charge in [-0.15, -0.1) is 0 Å². The SMILES string of the molecule is COc1ccc(C(OC[C@H]2O[C@@H](n3c(=O)n(C(=O)c4ccccc4)c4c(NC(=O)c5ccccc5)ncnc43)[C@H](OC)[C@@H]2OP2O[C@H](CS(=O)(=O)c3ccccc3)[C@@H]3CCCN32)(c2ccccc2)c2ccc(OC)cc2)cc1. The van der Waals surface area contributed by atoms with Crippen LogP contribution in [0.4, 0.5) is 5.82 Å². The van der Waals surface area contributed by atoms with Gasteiger partial charge in [-0.2, -0.15) is 0 Å². The van der Waals surface area contributed by atoms with Crippen LogP contribution in [0.25, 0.3) is 11.2 Å². The molecule has 18 nitrogen and oxygen atoms in total. The molecule has 1 amide bonds. The maximum absolute atomic E-state index is 15.4. The van der Waals surface area contributed by atoms with E-state index in [0.29, 0.717) is 30.0 Å². The predicted molar refractivity (Wildman–Crippen MR) is 290 cm³/mol. The molecular formula is C58H55N6O12PS. The summed E-state index contributed by atoms with van der Waals surface area (Å²) in [6, 6.07) is 49.5. The number of ether oxygens (including phenoxy) is 5. The second kappa shape index (κ2) is 22.5. The van der Waals surface area contributed by atoms with Crippen molar-refractivity contribution in [2.75, 3.05) is 45.6 Å². The van der Waals surface area contributed by atoms with Gasteiger partial charge in [-0.1, -0.05) is 109 Å². The number of aromatic nitrogens is 4. The van der Waals surface area contributed by atoms with Crippen LogP contribution in [0.1, 0.15) is 56.5 Å². The minimum atomic E-state index is -3.78. The summed E-state index contributed by atoms with van der Waals surface area (Å²) in [6.07, 6.45) is -2.79. The van der Waals surface area contributed by atoms with E-state index in [-0.39, 0.29) is 45.8 Å². The number of rotatable bonds is 18. The maximum Gasteiger partial charge on any atom is 0.339 e. The number of methoxy groups -OCH3 is 3. The lowest BCUT2D eigenvalue weighted by molar-refractivity contribution is -0.0943. The molecule has 2 aromatic heterocycles. The molecule has 3 fully saturated rings. The second-order valence-corrected chi connectivity index (χ2v) is 22.3. The molecular weight excluding hydrogens is 1040 g/mol. The molecule has 78 heavy (non-hydrogen) atoms. The van der Waals surface area contributed by atoms with Gasteiger partial charge in [0.15, 0.2) is 27.5 Å². The van der Waals surface area contributed by atoms with Gasteiger partial charge in [0.2, 0.25) is 0 Å². The number of carbonyl (C=O) groups excluding carboxylic acids is 2. The minimum absolute atomic E-state index is 0.0567. The van der Waals surface area contributed by atoms with E-state index in [2.05, 4.69) is 20.0 Å². The number of amides is 1. The fourth-order valence-electron chi connectivity index (χ4n) is 10.6. The first-order valence-electron chi connectivity index (χ1n) is 25.3. The Morgan fingerprint density at radius 3 is 1.90 bits per heavy atom. The molecule has 3 aliphatic rings. The minimum Gasteiger partial charge on any atom is -0.497 e. The van der Waals surface area contributed by atoms with Crippen LogP contribution in [-0.4, -0.2) is 115 Å². The molecule has 0 spiro atoms. The molecule has 6 aromatic carbocycles. The molecule has 400 valence electrons. The van der Waals surface area contributed by atoms with Crippen molar-refractivity contribution in [2.24, 2.45) is 0 Å². The molecule has 0 aliphatic carbocycles. The summed E-state index contributed by atoms with van der Waals surface area (Å²) in [5, 5.41) is 2.81. The van der Waals surface area contributed by atoms with Gasteiger partial charge in [-0.05, 0) is 90.2 Å². The van der Waals surface area contributed by atoms with Gasteiger partial charge in [0.05, 0.1) is 37.6 Å². The standard InChI is InChI=1S/C58H55N6O12PS/c1-70-43-30-26-41(27-31-43)58(40-21-12-6-13-22-40,42-28-32-44(71-2)33-29-42)73-35-47-50(76-77-62-34-16-25-46(62)48(75-77)36-78(68,69)45-23-14-7-15-24-45)51(72-3)56(74-47)64-53-49(63(57(64)67)55(66)39-19-10-5-11-20-39)52(59-37-60-53)61-54(65)38-17-8-4-9-18-38/h4-15,17-24,26-33,37,46-48,50-51,56H,16,25,34-36H2,1-3H3,(H,59,60,61,65)/t46-,47+,48+,50+,51+,56+,77?/m0/s1. The molecule has 1 unspecified atom stereocenters. The van der Waals surface area contributed by atoms with E-state index >= 15 is 4.79 Å². The number of sulfone groups is 1. The fraction of sp³-hybridized carbons (Fsp3) is 0.259. The Balaban J connectivity index is 1.04. The average Bonchev–Trinajstić information content (AvgIpc) is 4.37. The molecule has 5 heterocycles. The highest BCUT2D eigenvalue weighted by molar-refractivity contribution is 7.91. The molecule has 0 radical (unpaired) electrons. The first-order chi connectivity index (χ1) is 38.0. The molecule has 0 saturated carbocycles. The largest absolute Gasteiger partial charge is 0.497 e. The quantitative estimate of drug-likeness (QED) is 0.0634. The number of nitrogens with one attached hydrogen (secondary N) is 1. The number of nitrogens with zero attached hydrogens (tertiary/aromatic N) is 5. The molecule has 7 atom stereocenters. The number of carbonyl (C=O) groups is 2. The van der Waals surface area contributed by atoms with E-state index in [4.69, 9.17) is 32.7 Å². The topological polar surface area (TPSA) is 201 Å². The Labute approximate surface area is 451 Å². The van der Waals surface area contributed by atoms with Gasteiger partial charge in [-0.25, -0.2) is 37.0 Å². The van der Waals surface area contributed by atoms with Crippen LogP contribution in [0.2, 0.25) is 0 Å². The van der Waals surface area contributed by atoms with Gasteiger partial charge in [-0.3, -0.25) is 9.59 Å². The van der Waals surface area contributed by atoms with Gasteiger partial charge in [0.25, 0.3) is 20.3 Å². The van der Waals surface area contributed by atoms with Crippen LogP contribution in [0, 0.1) is 0 Å².